The number of nitrogens with one attached hydrogen (secondary N) is 1. The minimum absolute atomic E-state index is 0.242. The van der Waals surface area contributed by atoms with Gasteiger partial charge in [-0.15, -0.1) is 0 Å². The molecule has 1 aliphatic heterocycles. The highest BCUT2D eigenvalue weighted by atomic mass is 16.6. The monoisotopic (exact) mass is 183 g/mol. The van der Waals surface area contributed by atoms with Crippen LogP contribution in [0.5, 0.6) is 0 Å². The fourth-order valence-electron chi connectivity index (χ4n) is 1.14. The normalized spacial score (nSPS) is 21.2. The minimum Gasteiger partial charge on any atom is -0.389 e. The van der Waals surface area contributed by atoms with Gasteiger partial charge in [0.25, 0.3) is 0 Å². The fraction of sp³-hybridized carbons (Fsp3) is 0.556. The SMILES string of the molecule is C=C(C)C(=O)OC(=O)[C@@H]1CCCN1. The van der Waals surface area contributed by atoms with Gasteiger partial charge < -0.3 is 10.1 Å². The van der Waals surface area contributed by atoms with Crippen molar-refractivity contribution in [3.05, 3.63) is 12.2 Å². The first-order valence-electron chi connectivity index (χ1n) is 4.26. The van der Waals surface area contributed by atoms with E-state index in [1.165, 1.54) is 6.92 Å². The lowest BCUT2D eigenvalue weighted by atomic mass is 10.2. The molecule has 1 N–H and O–H groups in total. The summed E-state index contributed by atoms with van der Waals surface area (Å²) in [6.07, 6.45) is 1.68. The molecule has 1 saturated heterocycles. The standard InChI is InChI=1S/C9H13NO3/c1-6(2)8(11)13-9(12)7-4-3-5-10-7/h7,10H,1,3-5H2,2H3/t7-/m0/s1. The Hall–Kier alpha value is -1.16. The number of carbonyl (C=O) groups excluding carboxylic acids is 2. The summed E-state index contributed by atoms with van der Waals surface area (Å²) in [6.45, 7) is 5.71. The molecular formula is C9H13NO3. The second kappa shape index (κ2) is 4.18. The Morgan fingerprint density at radius 2 is 2.23 bits per heavy atom. The van der Waals surface area contributed by atoms with Gasteiger partial charge in [0, 0.05) is 5.57 Å². The van der Waals surface area contributed by atoms with E-state index in [2.05, 4.69) is 16.6 Å². The molecule has 1 fully saturated rings. The summed E-state index contributed by atoms with van der Waals surface area (Å²) in [7, 11) is 0. The van der Waals surface area contributed by atoms with Crippen LogP contribution in [-0.2, 0) is 14.3 Å². The van der Waals surface area contributed by atoms with E-state index in [1.54, 1.807) is 0 Å². The van der Waals surface area contributed by atoms with Crippen molar-refractivity contribution in [2.75, 3.05) is 6.54 Å². The Labute approximate surface area is 76.9 Å². The Morgan fingerprint density at radius 1 is 1.54 bits per heavy atom. The van der Waals surface area contributed by atoms with E-state index in [4.69, 9.17) is 0 Å². The number of hydrogen-bond acceptors (Lipinski definition) is 4. The van der Waals surface area contributed by atoms with Crippen molar-refractivity contribution in [1.29, 1.82) is 0 Å². The number of carbonyl (C=O) groups is 2. The van der Waals surface area contributed by atoms with Crippen LogP contribution >= 0.6 is 0 Å². The molecule has 1 atom stereocenters. The van der Waals surface area contributed by atoms with Crippen molar-refractivity contribution in [3.63, 3.8) is 0 Å². The van der Waals surface area contributed by atoms with Gasteiger partial charge in [0.2, 0.25) is 0 Å². The Morgan fingerprint density at radius 3 is 2.69 bits per heavy atom. The van der Waals surface area contributed by atoms with Crippen LogP contribution in [0.2, 0.25) is 0 Å². The average Bonchev–Trinajstić information content (AvgIpc) is 2.55. The molecule has 13 heavy (non-hydrogen) atoms. The van der Waals surface area contributed by atoms with Crippen LogP contribution in [0.1, 0.15) is 19.8 Å². The highest BCUT2D eigenvalue weighted by Gasteiger charge is 2.25. The maximum Gasteiger partial charge on any atom is 0.340 e. The Balaban J connectivity index is 2.40. The van der Waals surface area contributed by atoms with Crippen molar-refractivity contribution in [3.8, 4) is 0 Å². The molecule has 1 rings (SSSR count). The molecule has 0 aromatic rings. The van der Waals surface area contributed by atoms with Crippen LogP contribution in [0, 0.1) is 0 Å². The topological polar surface area (TPSA) is 55.4 Å². The van der Waals surface area contributed by atoms with E-state index >= 15 is 0 Å². The zero-order chi connectivity index (χ0) is 9.84. The van der Waals surface area contributed by atoms with Gasteiger partial charge in [-0.1, -0.05) is 6.58 Å². The summed E-state index contributed by atoms with van der Waals surface area (Å²) in [5.74, 6) is -1.13. The van der Waals surface area contributed by atoms with Gasteiger partial charge in [0.1, 0.15) is 6.04 Å². The lowest BCUT2D eigenvalue weighted by molar-refractivity contribution is -0.158. The van der Waals surface area contributed by atoms with Gasteiger partial charge in [-0.3, -0.25) is 0 Å². The summed E-state index contributed by atoms with van der Waals surface area (Å²) in [6, 6.07) is -0.316. The van der Waals surface area contributed by atoms with Crippen LogP contribution in [0.25, 0.3) is 0 Å². The molecule has 1 aliphatic rings. The van der Waals surface area contributed by atoms with Crippen LogP contribution < -0.4 is 5.32 Å². The Kier molecular flexibility index (Phi) is 3.19. The summed E-state index contributed by atoms with van der Waals surface area (Å²) >= 11 is 0. The molecular weight excluding hydrogens is 170 g/mol. The maximum atomic E-state index is 11.2. The Bertz CT molecular complexity index is 241. The van der Waals surface area contributed by atoms with Crippen LogP contribution in [-0.4, -0.2) is 24.5 Å². The van der Waals surface area contributed by atoms with Gasteiger partial charge in [-0.2, -0.15) is 0 Å². The van der Waals surface area contributed by atoms with Crippen LogP contribution in [0.15, 0.2) is 12.2 Å². The van der Waals surface area contributed by atoms with Crippen molar-refractivity contribution in [2.45, 2.75) is 25.8 Å². The average molecular weight is 183 g/mol. The molecule has 0 amide bonds. The first-order chi connectivity index (χ1) is 6.11. The molecule has 0 saturated carbocycles. The van der Waals surface area contributed by atoms with E-state index < -0.39 is 11.9 Å². The van der Waals surface area contributed by atoms with Crippen LogP contribution in [0.4, 0.5) is 0 Å². The molecule has 72 valence electrons. The van der Waals surface area contributed by atoms with Crippen molar-refractivity contribution in [2.24, 2.45) is 0 Å². The molecule has 0 spiro atoms. The predicted molar refractivity (Wildman–Crippen MR) is 46.9 cm³/mol. The van der Waals surface area contributed by atoms with Gasteiger partial charge in [-0.05, 0) is 26.3 Å². The predicted octanol–water partition coefficient (Wildman–Crippen LogP) is 0.384. The molecule has 0 aromatic carbocycles. The quantitative estimate of drug-likeness (QED) is 0.382. The number of ether oxygens (including phenoxy) is 1. The largest absolute Gasteiger partial charge is 0.389 e. The molecule has 0 bridgehead atoms. The summed E-state index contributed by atoms with van der Waals surface area (Å²) in [4.78, 5) is 22.2. The summed E-state index contributed by atoms with van der Waals surface area (Å²) in [5.41, 5.74) is 0.242. The van der Waals surface area contributed by atoms with Gasteiger partial charge >= 0.3 is 11.9 Å². The third kappa shape index (κ3) is 2.66. The van der Waals surface area contributed by atoms with Gasteiger partial charge in [0.05, 0.1) is 0 Å². The zero-order valence-electron chi connectivity index (χ0n) is 7.63. The minimum atomic E-state index is -0.640. The van der Waals surface area contributed by atoms with Gasteiger partial charge in [-0.25, -0.2) is 9.59 Å². The van der Waals surface area contributed by atoms with E-state index in [9.17, 15) is 9.59 Å². The molecule has 0 radical (unpaired) electrons. The second-order valence-corrected chi connectivity index (χ2v) is 3.14. The molecule has 4 heteroatoms. The third-order valence-electron chi connectivity index (χ3n) is 1.89. The summed E-state index contributed by atoms with van der Waals surface area (Å²) in [5, 5.41) is 2.94. The molecule has 0 aliphatic carbocycles. The molecule has 1 heterocycles. The second-order valence-electron chi connectivity index (χ2n) is 3.14. The number of rotatable bonds is 2. The van der Waals surface area contributed by atoms with Gasteiger partial charge in [0.15, 0.2) is 0 Å². The van der Waals surface area contributed by atoms with E-state index in [0.29, 0.717) is 0 Å². The van der Waals surface area contributed by atoms with E-state index in [0.717, 1.165) is 19.4 Å². The van der Waals surface area contributed by atoms with Crippen molar-refractivity contribution in [1.82, 2.24) is 5.32 Å². The van der Waals surface area contributed by atoms with E-state index in [-0.39, 0.29) is 11.6 Å². The zero-order valence-corrected chi connectivity index (χ0v) is 7.63. The van der Waals surface area contributed by atoms with E-state index in [1.807, 2.05) is 0 Å². The highest BCUT2D eigenvalue weighted by molar-refractivity contribution is 5.96. The lowest BCUT2D eigenvalue weighted by Crippen LogP contribution is -2.33. The van der Waals surface area contributed by atoms with Crippen molar-refractivity contribution < 1.29 is 14.3 Å². The van der Waals surface area contributed by atoms with Crippen molar-refractivity contribution >= 4 is 11.9 Å². The van der Waals surface area contributed by atoms with Crippen LogP contribution in [0.3, 0.4) is 0 Å². The summed E-state index contributed by atoms with van der Waals surface area (Å²) < 4.78 is 4.56. The highest BCUT2D eigenvalue weighted by Crippen LogP contribution is 2.07. The third-order valence-corrected chi connectivity index (χ3v) is 1.89. The number of hydrogen-bond donors (Lipinski definition) is 1. The smallest absolute Gasteiger partial charge is 0.340 e. The first kappa shape index (κ1) is 9.92. The molecule has 4 nitrogen and oxygen atoms in total. The maximum absolute atomic E-state index is 11.2. The molecule has 0 unspecified atom stereocenters. The lowest BCUT2D eigenvalue weighted by Gasteiger charge is -2.07. The molecule has 0 aromatic heterocycles. The first-order valence-corrected chi connectivity index (χ1v) is 4.26. The fourth-order valence-corrected chi connectivity index (χ4v) is 1.14. The number of esters is 2.